The normalized spacial score (nSPS) is 12.6. The molecule has 3 rings (SSSR count). The third kappa shape index (κ3) is 3.16. The minimum atomic E-state index is -0.577. The molecule has 0 amide bonds. The molecular formula is C18H17NO4. The molecule has 2 N–H and O–H groups in total. The van der Waals surface area contributed by atoms with Gasteiger partial charge in [0.2, 0.25) is 0 Å². The summed E-state index contributed by atoms with van der Waals surface area (Å²) in [7, 11) is 0. The van der Waals surface area contributed by atoms with Crippen molar-refractivity contribution in [3.8, 4) is 11.1 Å². The van der Waals surface area contributed by atoms with Gasteiger partial charge in [-0.05, 0) is 22.3 Å². The van der Waals surface area contributed by atoms with E-state index in [1.54, 1.807) is 5.48 Å². The lowest BCUT2D eigenvalue weighted by molar-refractivity contribution is -0.146. The fraction of sp³-hybridized carbons (Fsp3) is 0.222. The van der Waals surface area contributed by atoms with E-state index in [4.69, 9.17) is 9.94 Å². The van der Waals surface area contributed by atoms with Gasteiger partial charge in [-0.1, -0.05) is 48.5 Å². The van der Waals surface area contributed by atoms with Crippen LogP contribution in [0.25, 0.3) is 11.1 Å². The standard InChI is InChI=1S/C18H17NO4/c20-12(10-19-22)9-18(21)23-11-17-15-7-3-1-5-13(15)14-6-2-4-8-16(14)17/h1-8,17,19,22H,9-11H2. The number of hydrogen-bond acceptors (Lipinski definition) is 5. The van der Waals surface area contributed by atoms with Crippen molar-refractivity contribution in [2.45, 2.75) is 12.3 Å². The first-order chi connectivity index (χ1) is 11.2. The summed E-state index contributed by atoms with van der Waals surface area (Å²) in [5, 5.41) is 8.45. The monoisotopic (exact) mass is 311 g/mol. The zero-order valence-electron chi connectivity index (χ0n) is 12.5. The molecular weight excluding hydrogens is 294 g/mol. The minimum Gasteiger partial charge on any atom is -0.464 e. The highest BCUT2D eigenvalue weighted by molar-refractivity contribution is 5.96. The molecule has 5 heteroatoms. The number of fused-ring (bicyclic) bond motifs is 3. The Balaban J connectivity index is 1.73. The summed E-state index contributed by atoms with van der Waals surface area (Å²) in [4.78, 5) is 23.1. The first-order valence-corrected chi connectivity index (χ1v) is 7.43. The number of ether oxygens (including phenoxy) is 1. The van der Waals surface area contributed by atoms with Gasteiger partial charge in [-0.3, -0.25) is 9.59 Å². The van der Waals surface area contributed by atoms with E-state index < -0.39 is 11.8 Å². The van der Waals surface area contributed by atoms with Crippen molar-refractivity contribution in [1.29, 1.82) is 0 Å². The number of carbonyl (C=O) groups excluding carboxylic acids is 2. The lowest BCUT2D eigenvalue weighted by Gasteiger charge is -2.14. The second kappa shape index (κ2) is 6.73. The molecule has 0 saturated heterocycles. The molecule has 2 aromatic carbocycles. The average molecular weight is 311 g/mol. The first-order valence-electron chi connectivity index (χ1n) is 7.43. The predicted molar refractivity (Wildman–Crippen MR) is 84.1 cm³/mol. The van der Waals surface area contributed by atoms with Gasteiger partial charge in [0.25, 0.3) is 0 Å². The molecule has 118 valence electrons. The number of rotatable bonds is 6. The van der Waals surface area contributed by atoms with Gasteiger partial charge in [0.15, 0.2) is 5.78 Å². The molecule has 0 heterocycles. The zero-order chi connectivity index (χ0) is 16.2. The van der Waals surface area contributed by atoms with Gasteiger partial charge < -0.3 is 9.94 Å². The Morgan fingerprint density at radius 1 is 1.00 bits per heavy atom. The number of benzene rings is 2. The Kier molecular flexibility index (Phi) is 4.50. The SMILES string of the molecule is O=C(CNO)CC(=O)OCC1c2ccccc2-c2ccccc21. The Morgan fingerprint density at radius 3 is 2.13 bits per heavy atom. The number of nitrogens with one attached hydrogen (secondary N) is 1. The van der Waals surface area contributed by atoms with Crippen molar-refractivity contribution < 1.29 is 19.5 Å². The quantitative estimate of drug-likeness (QED) is 0.486. The van der Waals surface area contributed by atoms with Crippen LogP contribution in [0.15, 0.2) is 48.5 Å². The van der Waals surface area contributed by atoms with Crippen LogP contribution in [-0.4, -0.2) is 30.1 Å². The second-order valence-corrected chi connectivity index (χ2v) is 5.46. The Labute approximate surface area is 133 Å². The van der Waals surface area contributed by atoms with Gasteiger partial charge in [-0.25, -0.2) is 0 Å². The minimum absolute atomic E-state index is 0.0163. The van der Waals surface area contributed by atoms with Gasteiger partial charge in [-0.2, -0.15) is 5.48 Å². The van der Waals surface area contributed by atoms with Gasteiger partial charge in [-0.15, -0.1) is 0 Å². The first kappa shape index (κ1) is 15.4. The fourth-order valence-electron chi connectivity index (χ4n) is 2.98. The molecule has 0 fully saturated rings. The number of Topliss-reactive ketones (excluding diaryl/α,β-unsaturated/α-hetero) is 1. The van der Waals surface area contributed by atoms with Gasteiger partial charge in [0.1, 0.15) is 13.0 Å². The summed E-state index contributed by atoms with van der Waals surface area (Å²) in [6.07, 6.45) is -0.344. The summed E-state index contributed by atoms with van der Waals surface area (Å²) in [5.41, 5.74) is 6.31. The molecule has 0 saturated carbocycles. The van der Waals surface area contributed by atoms with E-state index >= 15 is 0 Å². The van der Waals surface area contributed by atoms with E-state index in [1.807, 2.05) is 36.4 Å². The van der Waals surface area contributed by atoms with Crippen LogP contribution >= 0.6 is 0 Å². The van der Waals surface area contributed by atoms with Crippen molar-refractivity contribution in [2.24, 2.45) is 0 Å². The number of hydrogen-bond donors (Lipinski definition) is 2. The molecule has 1 aliphatic rings. The Morgan fingerprint density at radius 2 is 1.57 bits per heavy atom. The fourth-order valence-corrected chi connectivity index (χ4v) is 2.98. The zero-order valence-corrected chi connectivity index (χ0v) is 12.5. The topological polar surface area (TPSA) is 75.6 Å². The Bertz CT molecular complexity index is 696. The third-order valence-corrected chi connectivity index (χ3v) is 3.99. The van der Waals surface area contributed by atoms with Gasteiger partial charge in [0, 0.05) is 5.92 Å². The van der Waals surface area contributed by atoms with Crippen LogP contribution < -0.4 is 5.48 Å². The third-order valence-electron chi connectivity index (χ3n) is 3.99. The van der Waals surface area contributed by atoms with Crippen molar-refractivity contribution in [1.82, 2.24) is 5.48 Å². The number of carbonyl (C=O) groups is 2. The highest BCUT2D eigenvalue weighted by Gasteiger charge is 2.29. The lowest BCUT2D eigenvalue weighted by atomic mass is 9.98. The van der Waals surface area contributed by atoms with E-state index in [2.05, 4.69) is 12.1 Å². The molecule has 1 aliphatic carbocycles. The summed E-state index contributed by atoms with van der Waals surface area (Å²) < 4.78 is 5.29. The molecule has 0 atom stereocenters. The van der Waals surface area contributed by atoms with Crippen molar-refractivity contribution in [3.63, 3.8) is 0 Å². The molecule has 0 radical (unpaired) electrons. The maximum Gasteiger partial charge on any atom is 0.313 e. The highest BCUT2D eigenvalue weighted by atomic mass is 16.5. The number of ketones is 1. The highest BCUT2D eigenvalue weighted by Crippen LogP contribution is 2.44. The largest absolute Gasteiger partial charge is 0.464 e. The van der Waals surface area contributed by atoms with Crippen LogP contribution in [0.5, 0.6) is 0 Å². The molecule has 0 bridgehead atoms. The van der Waals surface area contributed by atoms with Crippen LogP contribution in [0, 0.1) is 0 Å². The lowest BCUT2D eigenvalue weighted by Crippen LogP contribution is -2.23. The summed E-state index contributed by atoms with van der Waals surface area (Å²) in [6, 6.07) is 16.1. The maximum atomic E-state index is 11.8. The molecule has 0 spiro atoms. The van der Waals surface area contributed by atoms with Crippen LogP contribution in [0.3, 0.4) is 0 Å². The molecule has 0 aromatic heterocycles. The predicted octanol–water partition coefficient (Wildman–Crippen LogP) is 2.28. The van der Waals surface area contributed by atoms with Crippen molar-refractivity contribution in [3.05, 3.63) is 59.7 Å². The van der Waals surface area contributed by atoms with Gasteiger partial charge >= 0.3 is 5.97 Å². The number of esters is 1. The molecule has 5 nitrogen and oxygen atoms in total. The van der Waals surface area contributed by atoms with E-state index in [0.717, 1.165) is 22.3 Å². The number of hydroxylamine groups is 1. The summed E-state index contributed by atoms with van der Waals surface area (Å²) in [5.74, 6) is -1.01. The Hall–Kier alpha value is -2.50. The smallest absolute Gasteiger partial charge is 0.313 e. The van der Waals surface area contributed by atoms with Crippen molar-refractivity contribution >= 4 is 11.8 Å². The van der Waals surface area contributed by atoms with Crippen LogP contribution in [0.4, 0.5) is 0 Å². The molecule has 0 unspecified atom stereocenters. The van der Waals surface area contributed by atoms with Crippen LogP contribution in [0.2, 0.25) is 0 Å². The summed E-state index contributed by atoms with van der Waals surface area (Å²) >= 11 is 0. The summed E-state index contributed by atoms with van der Waals surface area (Å²) in [6.45, 7) is -0.0586. The van der Waals surface area contributed by atoms with E-state index in [1.165, 1.54) is 0 Å². The maximum absolute atomic E-state index is 11.8. The van der Waals surface area contributed by atoms with Crippen LogP contribution in [-0.2, 0) is 14.3 Å². The van der Waals surface area contributed by atoms with Crippen molar-refractivity contribution in [2.75, 3.05) is 13.2 Å². The molecule has 23 heavy (non-hydrogen) atoms. The van der Waals surface area contributed by atoms with Gasteiger partial charge in [0.05, 0.1) is 6.54 Å². The second-order valence-electron chi connectivity index (χ2n) is 5.46. The van der Waals surface area contributed by atoms with E-state index in [-0.39, 0.29) is 25.5 Å². The molecule has 2 aromatic rings. The average Bonchev–Trinajstić information content (AvgIpc) is 2.87. The molecule has 0 aliphatic heterocycles. The van der Waals surface area contributed by atoms with E-state index in [9.17, 15) is 9.59 Å². The van der Waals surface area contributed by atoms with Crippen LogP contribution in [0.1, 0.15) is 23.5 Å². The van der Waals surface area contributed by atoms with E-state index in [0.29, 0.717) is 0 Å².